The van der Waals surface area contributed by atoms with E-state index in [1.807, 2.05) is 0 Å². The van der Waals surface area contributed by atoms with Crippen molar-refractivity contribution in [3.8, 4) is 6.07 Å². The SMILES string of the molecule is CS(=O)(=O)O.N#Cc1ccccc1F. The fraction of sp³-hybridized carbons (Fsp3) is 0.125. The molecule has 1 rings (SSSR count). The van der Waals surface area contributed by atoms with Gasteiger partial charge in [0, 0.05) is 0 Å². The lowest BCUT2D eigenvalue weighted by atomic mass is 10.2. The maximum Gasteiger partial charge on any atom is 0.261 e. The zero-order valence-corrected chi connectivity index (χ0v) is 8.12. The van der Waals surface area contributed by atoms with Gasteiger partial charge in [0.25, 0.3) is 10.1 Å². The molecule has 0 bridgehead atoms. The molecule has 0 amide bonds. The molecule has 1 aromatic rings. The summed E-state index contributed by atoms with van der Waals surface area (Å²) in [5.74, 6) is -0.458. The molecular weight excluding hydrogens is 209 g/mol. The van der Waals surface area contributed by atoms with E-state index in [4.69, 9.17) is 9.81 Å². The van der Waals surface area contributed by atoms with Crippen LogP contribution in [0.2, 0.25) is 0 Å². The predicted molar refractivity (Wildman–Crippen MR) is 48.6 cm³/mol. The van der Waals surface area contributed by atoms with Gasteiger partial charge in [-0.05, 0) is 12.1 Å². The Morgan fingerprint density at radius 2 is 1.86 bits per heavy atom. The summed E-state index contributed by atoms with van der Waals surface area (Å²) < 4.78 is 38.2. The Hall–Kier alpha value is -1.45. The Morgan fingerprint density at radius 3 is 2.14 bits per heavy atom. The zero-order chi connectivity index (χ0) is 11.2. The second-order valence-electron chi connectivity index (χ2n) is 2.32. The lowest BCUT2D eigenvalue weighted by Crippen LogP contribution is -1.88. The van der Waals surface area contributed by atoms with Gasteiger partial charge in [-0.1, -0.05) is 12.1 Å². The number of nitriles is 1. The van der Waals surface area contributed by atoms with Crippen LogP contribution in [0, 0.1) is 17.1 Å². The van der Waals surface area contributed by atoms with Crippen molar-refractivity contribution in [3.05, 3.63) is 35.6 Å². The Kier molecular flexibility index (Phi) is 4.77. The maximum absolute atomic E-state index is 12.4. The Morgan fingerprint density at radius 1 is 1.43 bits per heavy atom. The van der Waals surface area contributed by atoms with E-state index in [2.05, 4.69) is 0 Å². The molecule has 0 radical (unpaired) electrons. The van der Waals surface area contributed by atoms with Crippen LogP contribution in [0.3, 0.4) is 0 Å². The Bertz CT molecular complexity index is 428. The largest absolute Gasteiger partial charge is 0.286 e. The van der Waals surface area contributed by atoms with Crippen molar-refractivity contribution in [2.45, 2.75) is 0 Å². The molecule has 0 aliphatic rings. The Balaban J connectivity index is 0.000000292. The van der Waals surface area contributed by atoms with Crippen LogP contribution in [0.1, 0.15) is 5.56 Å². The molecule has 1 N–H and O–H groups in total. The standard InChI is InChI=1S/C7H4FN.CH4O3S/c8-7-4-2-1-3-6(7)5-9;1-5(2,3)4/h1-4H;1H3,(H,2,3,4). The fourth-order valence-electron chi connectivity index (χ4n) is 0.552. The highest BCUT2D eigenvalue weighted by molar-refractivity contribution is 7.85. The van der Waals surface area contributed by atoms with Crippen molar-refractivity contribution in [1.29, 1.82) is 5.26 Å². The minimum absolute atomic E-state index is 0.0949. The van der Waals surface area contributed by atoms with Gasteiger partial charge in [-0.25, -0.2) is 4.39 Å². The van der Waals surface area contributed by atoms with Gasteiger partial charge in [0.05, 0.1) is 11.8 Å². The monoisotopic (exact) mass is 217 g/mol. The second-order valence-corrected chi connectivity index (χ2v) is 3.79. The van der Waals surface area contributed by atoms with Gasteiger partial charge in [0.1, 0.15) is 11.9 Å². The van der Waals surface area contributed by atoms with Crippen LogP contribution in [0.5, 0.6) is 0 Å². The number of hydrogen-bond donors (Lipinski definition) is 1. The molecule has 0 atom stereocenters. The maximum atomic E-state index is 12.4. The summed E-state index contributed by atoms with van der Waals surface area (Å²) in [6.45, 7) is 0. The number of nitrogens with zero attached hydrogens (tertiary/aromatic N) is 1. The lowest BCUT2D eigenvalue weighted by molar-refractivity contribution is 0.490. The van der Waals surface area contributed by atoms with E-state index in [-0.39, 0.29) is 5.56 Å². The molecule has 0 aromatic heterocycles. The highest BCUT2D eigenvalue weighted by Crippen LogP contribution is 2.02. The van der Waals surface area contributed by atoms with E-state index in [0.717, 1.165) is 0 Å². The number of benzene rings is 1. The van der Waals surface area contributed by atoms with Crippen LogP contribution < -0.4 is 0 Å². The molecule has 0 aliphatic carbocycles. The van der Waals surface area contributed by atoms with Crippen molar-refractivity contribution in [2.24, 2.45) is 0 Å². The number of halogens is 1. The molecular formula is C8H8FNO3S. The van der Waals surface area contributed by atoms with Crippen LogP contribution in [0.25, 0.3) is 0 Å². The summed E-state index contributed by atoms with van der Waals surface area (Å²) in [5.41, 5.74) is 0.0949. The van der Waals surface area contributed by atoms with Crippen LogP contribution >= 0.6 is 0 Å². The zero-order valence-electron chi connectivity index (χ0n) is 7.31. The topological polar surface area (TPSA) is 78.2 Å². The average molecular weight is 217 g/mol. The molecule has 0 saturated carbocycles. The lowest BCUT2D eigenvalue weighted by Gasteiger charge is -1.86. The van der Waals surface area contributed by atoms with Gasteiger partial charge < -0.3 is 0 Å². The van der Waals surface area contributed by atoms with Gasteiger partial charge in [-0.2, -0.15) is 13.7 Å². The normalized spacial score (nSPS) is 9.57. The molecule has 0 heterocycles. The van der Waals surface area contributed by atoms with Crippen molar-refractivity contribution in [1.82, 2.24) is 0 Å². The third-order valence-corrected chi connectivity index (χ3v) is 0.994. The molecule has 0 aliphatic heterocycles. The third kappa shape index (κ3) is 7.21. The highest BCUT2D eigenvalue weighted by atomic mass is 32.2. The first-order chi connectivity index (χ1) is 6.34. The molecule has 0 unspecified atom stereocenters. The van der Waals surface area contributed by atoms with Crippen LogP contribution in [-0.4, -0.2) is 19.2 Å². The van der Waals surface area contributed by atoms with Gasteiger partial charge in [-0.15, -0.1) is 0 Å². The van der Waals surface area contributed by atoms with E-state index >= 15 is 0 Å². The van der Waals surface area contributed by atoms with Crippen molar-refractivity contribution in [2.75, 3.05) is 6.26 Å². The summed E-state index contributed by atoms with van der Waals surface area (Å²) in [7, 11) is -3.67. The van der Waals surface area contributed by atoms with E-state index < -0.39 is 15.9 Å². The minimum atomic E-state index is -3.67. The summed E-state index contributed by atoms with van der Waals surface area (Å²) in [6.07, 6.45) is 0.715. The van der Waals surface area contributed by atoms with Gasteiger partial charge in [0.15, 0.2) is 0 Å². The number of hydrogen-bond acceptors (Lipinski definition) is 3. The minimum Gasteiger partial charge on any atom is -0.286 e. The number of rotatable bonds is 0. The predicted octanol–water partition coefficient (Wildman–Crippen LogP) is 1.20. The van der Waals surface area contributed by atoms with E-state index in [1.165, 1.54) is 12.1 Å². The third-order valence-electron chi connectivity index (χ3n) is 0.994. The molecule has 0 spiro atoms. The molecule has 4 nitrogen and oxygen atoms in total. The van der Waals surface area contributed by atoms with Crippen LogP contribution in [-0.2, 0) is 10.1 Å². The van der Waals surface area contributed by atoms with E-state index in [0.29, 0.717) is 6.26 Å². The smallest absolute Gasteiger partial charge is 0.261 e. The van der Waals surface area contributed by atoms with Gasteiger partial charge >= 0.3 is 0 Å². The average Bonchev–Trinajstić information content (AvgIpc) is 2.02. The van der Waals surface area contributed by atoms with Crippen LogP contribution in [0.15, 0.2) is 24.3 Å². The first-order valence-electron chi connectivity index (χ1n) is 3.41. The quantitative estimate of drug-likeness (QED) is 0.662. The molecule has 6 heteroatoms. The van der Waals surface area contributed by atoms with Gasteiger partial charge in [0.2, 0.25) is 0 Å². The molecule has 0 saturated heterocycles. The summed E-state index contributed by atoms with van der Waals surface area (Å²) in [6, 6.07) is 7.60. The first-order valence-corrected chi connectivity index (χ1v) is 5.26. The summed E-state index contributed by atoms with van der Waals surface area (Å²) in [4.78, 5) is 0. The molecule has 1 aromatic carbocycles. The summed E-state index contributed by atoms with van der Waals surface area (Å²) >= 11 is 0. The highest BCUT2D eigenvalue weighted by Gasteiger charge is 1.94. The molecule has 0 fully saturated rings. The summed E-state index contributed by atoms with van der Waals surface area (Å²) in [5, 5.41) is 8.23. The van der Waals surface area contributed by atoms with E-state index in [1.54, 1.807) is 18.2 Å². The molecule has 14 heavy (non-hydrogen) atoms. The van der Waals surface area contributed by atoms with Crippen LogP contribution in [0.4, 0.5) is 4.39 Å². The van der Waals surface area contributed by atoms with Gasteiger partial charge in [-0.3, -0.25) is 4.55 Å². The van der Waals surface area contributed by atoms with Crippen molar-refractivity contribution >= 4 is 10.1 Å². The first kappa shape index (κ1) is 12.6. The Labute approximate surface area is 81.4 Å². The molecule has 76 valence electrons. The van der Waals surface area contributed by atoms with Crippen molar-refractivity contribution < 1.29 is 17.4 Å². The second kappa shape index (κ2) is 5.32. The van der Waals surface area contributed by atoms with E-state index in [9.17, 15) is 12.8 Å². The fourth-order valence-corrected chi connectivity index (χ4v) is 0.552. The van der Waals surface area contributed by atoms with Crippen molar-refractivity contribution in [3.63, 3.8) is 0 Å².